The van der Waals surface area contributed by atoms with Crippen LogP contribution in [0, 0.1) is 12.8 Å². The van der Waals surface area contributed by atoms with Crippen molar-refractivity contribution in [2.24, 2.45) is 5.92 Å². The number of carbonyl (C=O) groups is 1. The highest BCUT2D eigenvalue weighted by molar-refractivity contribution is 5.94. The van der Waals surface area contributed by atoms with Gasteiger partial charge in [-0.3, -0.25) is 4.79 Å². The molecule has 0 fully saturated rings. The van der Waals surface area contributed by atoms with Gasteiger partial charge in [0.05, 0.1) is 12.0 Å². The number of hydrogen-bond acceptors (Lipinski definition) is 5. The maximum atomic E-state index is 12.5. The highest BCUT2D eigenvalue weighted by Gasteiger charge is 2.30. The van der Waals surface area contributed by atoms with E-state index in [-0.39, 0.29) is 23.3 Å². The van der Waals surface area contributed by atoms with Crippen LogP contribution in [0.2, 0.25) is 0 Å². The lowest BCUT2D eigenvalue weighted by Gasteiger charge is -2.20. The summed E-state index contributed by atoms with van der Waals surface area (Å²) in [4.78, 5) is 17.0. The third-order valence-corrected chi connectivity index (χ3v) is 4.09. The molecule has 2 rings (SSSR count). The van der Waals surface area contributed by atoms with E-state index in [2.05, 4.69) is 15.5 Å². The van der Waals surface area contributed by atoms with E-state index in [0.29, 0.717) is 23.9 Å². The van der Waals surface area contributed by atoms with Crippen LogP contribution in [0.1, 0.15) is 61.4 Å². The highest BCUT2D eigenvalue weighted by Crippen LogP contribution is 2.25. The predicted molar refractivity (Wildman–Crippen MR) is 95.4 cm³/mol. The molecule has 6 heteroatoms. The Balaban J connectivity index is 2.20. The Morgan fingerprint density at radius 1 is 1.28 bits per heavy atom. The van der Waals surface area contributed by atoms with Crippen molar-refractivity contribution in [1.29, 1.82) is 0 Å². The van der Waals surface area contributed by atoms with Crippen LogP contribution in [0.4, 0.5) is 0 Å². The van der Waals surface area contributed by atoms with Crippen LogP contribution in [0.3, 0.4) is 0 Å². The number of carbonyl (C=O) groups excluding carboxylic acids is 1. The van der Waals surface area contributed by atoms with E-state index in [4.69, 9.17) is 9.26 Å². The van der Waals surface area contributed by atoms with Crippen molar-refractivity contribution in [3.05, 3.63) is 47.1 Å². The largest absolute Gasteiger partial charge is 0.384 e. The molecule has 0 saturated heterocycles. The number of aryl methyl sites for hydroxylation is 1. The first kappa shape index (κ1) is 19.1. The Kier molecular flexibility index (Phi) is 5.95. The summed E-state index contributed by atoms with van der Waals surface area (Å²) >= 11 is 0. The Bertz CT molecular complexity index is 705. The van der Waals surface area contributed by atoms with Crippen LogP contribution in [-0.2, 0) is 10.2 Å². The van der Waals surface area contributed by atoms with Gasteiger partial charge in [0, 0.05) is 12.7 Å². The van der Waals surface area contributed by atoms with Crippen LogP contribution in [0.15, 0.2) is 28.8 Å². The third-order valence-electron chi connectivity index (χ3n) is 4.09. The van der Waals surface area contributed by atoms with E-state index in [0.717, 1.165) is 5.56 Å². The minimum absolute atomic E-state index is 0.105. The zero-order chi connectivity index (χ0) is 18.6. The summed E-state index contributed by atoms with van der Waals surface area (Å²) in [6.07, 6.45) is 0. The summed E-state index contributed by atoms with van der Waals surface area (Å²) in [7, 11) is 1.64. The molecule has 1 N–H and O–H groups in total. The summed E-state index contributed by atoms with van der Waals surface area (Å²) < 4.78 is 10.7. The highest BCUT2D eigenvalue weighted by atomic mass is 16.5. The number of benzene rings is 1. The van der Waals surface area contributed by atoms with Crippen LogP contribution < -0.4 is 5.32 Å². The first-order valence-electron chi connectivity index (χ1n) is 8.45. The second kappa shape index (κ2) is 7.78. The minimum Gasteiger partial charge on any atom is -0.384 e. The molecule has 1 amide bonds. The molecule has 0 saturated carbocycles. The second-order valence-corrected chi connectivity index (χ2v) is 7.33. The number of aromatic nitrogens is 2. The first-order valence-corrected chi connectivity index (χ1v) is 8.45. The van der Waals surface area contributed by atoms with E-state index >= 15 is 0 Å². The monoisotopic (exact) mass is 345 g/mol. The van der Waals surface area contributed by atoms with Gasteiger partial charge in [-0.15, -0.1) is 0 Å². The standard InChI is InChI=1S/C19H27N3O3/c1-12(2)15(20-16(23)14-9-7-13(3)8-10-14)17-21-18(22-25-17)19(4,5)11-24-6/h7-10,12,15H,11H2,1-6H3,(H,20,23). The zero-order valence-corrected chi connectivity index (χ0v) is 15.8. The van der Waals surface area contributed by atoms with Gasteiger partial charge < -0.3 is 14.6 Å². The number of nitrogens with zero attached hydrogens (tertiary/aromatic N) is 2. The zero-order valence-electron chi connectivity index (χ0n) is 15.8. The molecule has 1 aromatic heterocycles. The molecule has 0 bridgehead atoms. The molecule has 1 aromatic carbocycles. The number of methoxy groups -OCH3 is 1. The van der Waals surface area contributed by atoms with Gasteiger partial charge in [0.2, 0.25) is 5.89 Å². The minimum atomic E-state index is -0.362. The average Bonchev–Trinajstić information content (AvgIpc) is 3.03. The third kappa shape index (κ3) is 4.66. The molecule has 1 unspecified atom stereocenters. The Labute approximate surface area is 149 Å². The van der Waals surface area contributed by atoms with Gasteiger partial charge in [-0.1, -0.05) is 50.5 Å². The molecule has 1 atom stereocenters. The molecule has 0 aliphatic carbocycles. The van der Waals surface area contributed by atoms with Crippen LogP contribution in [0.5, 0.6) is 0 Å². The maximum Gasteiger partial charge on any atom is 0.251 e. The van der Waals surface area contributed by atoms with Crippen LogP contribution in [-0.4, -0.2) is 29.8 Å². The number of hydrogen-bond donors (Lipinski definition) is 1. The van der Waals surface area contributed by atoms with Gasteiger partial charge in [-0.2, -0.15) is 4.98 Å². The number of ether oxygens (including phenoxy) is 1. The molecular formula is C19H27N3O3. The summed E-state index contributed by atoms with van der Waals surface area (Å²) in [5.41, 5.74) is 1.36. The van der Waals surface area contributed by atoms with Crippen molar-refractivity contribution in [3.8, 4) is 0 Å². The molecule has 136 valence electrons. The van der Waals surface area contributed by atoms with E-state index < -0.39 is 0 Å². The number of nitrogens with one attached hydrogen (secondary N) is 1. The Hall–Kier alpha value is -2.21. The number of rotatable bonds is 7. The van der Waals surface area contributed by atoms with Gasteiger partial charge in [0.25, 0.3) is 5.91 Å². The summed E-state index contributed by atoms with van der Waals surface area (Å²) in [5, 5.41) is 7.08. The molecule has 2 aromatic rings. The quantitative estimate of drug-likeness (QED) is 0.832. The molecular weight excluding hydrogens is 318 g/mol. The van der Waals surface area contributed by atoms with Crippen LogP contribution >= 0.6 is 0 Å². The molecule has 1 heterocycles. The molecule has 0 radical (unpaired) electrons. The van der Waals surface area contributed by atoms with Gasteiger partial charge in [0.15, 0.2) is 5.82 Å². The lowest BCUT2D eigenvalue weighted by Crippen LogP contribution is -2.32. The fraction of sp³-hybridized carbons (Fsp3) is 0.526. The van der Waals surface area contributed by atoms with Crippen molar-refractivity contribution in [1.82, 2.24) is 15.5 Å². The van der Waals surface area contributed by atoms with Gasteiger partial charge in [0.1, 0.15) is 6.04 Å². The predicted octanol–water partition coefficient (Wildman–Crippen LogP) is 3.43. The summed E-state index contributed by atoms with van der Waals surface area (Å²) in [5.74, 6) is 0.928. The SMILES string of the molecule is COCC(C)(C)c1noc(C(NC(=O)c2ccc(C)cc2)C(C)C)n1. The Morgan fingerprint density at radius 3 is 2.48 bits per heavy atom. The van der Waals surface area contributed by atoms with Crippen LogP contribution in [0.25, 0.3) is 0 Å². The average molecular weight is 345 g/mol. The molecule has 0 aliphatic rings. The fourth-order valence-electron chi connectivity index (χ4n) is 2.50. The summed E-state index contributed by atoms with van der Waals surface area (Å²) in [6.45, 7) is 10.4. The molecule has 6 nitrogen and oxygen atoms in total. The van der Waals surface area contributed by atoms with Gasteiger partial charge in [-0.05, 0) is 25.0 Å². The normalized spacial score (nSPS) is 13.1. The topological polar surface area (TPSA) is 77.3 Å². The van der Waals surface area contributed by atoms with Crippen molar-refractivity contribution in [2.45, 2.75) is 46.1 Å². The molecule has 0 aliphatic heterocycles. The second-order valence-electron chi connectivity index (χ2n) is 7.33. The van der Waals surface area contributed by atoms with Crippen molar-refractivity contribution >= 4 is 5.91 Å². The summed E-state index contributed by atoms with van der Waals surface area (Å²) in [6, 6.07) is 7.09. The lowest BCUT2D eigenvalue weighted by molar-refractivity contribution is 0.0914. The van der Waals surface area contributed by atoms with Gasteiger partial charge >= 0.3 is 0 Å². The molecule has 25 heavy (non-hydrogen) atoms. The first-order chi connectivity index (χ1) is 11.7. The molecule has 0 spiro atoms. The van der Waals surface area contributed by atoms with E-state index in [1.165, 1.54) is 0 Å². The Morgan fingerprint density at radius 2 is 1.92 bits per heavy atom. The smallest absolute Gasteiger partial charge is 0.251 e. The number of amides is 1. The lowest BCUT2D eigenvalue weighted by atomic mass is 9.94. The fourth-order valence-corrected chi connectivity index (χ4v) is 2.50. The van der Waals surface area contributed by atoms with E-state index in [1.54, 1.807) is 7.11 Å². The maximum absolute atomic E-state index is 12.5. The van der Waals surface area contributed by atoms with Crippen molar-refractivity contribution in [3.63, 3.8) is 0 Å². The van der Waals surface area contributed by atoms with E-state index in [1.807, 2.05) is 58.9 Å². The van der Waals surface area contributed by atoms with Gasteiger partial charge in [-0.25, -0.2) is 0 Å². The van der Waals surface area contributed by atoms with Crippen molar-refractivity contribution < 1.29 is 14.1 Å². The van der Waals surface area contributed by atoms with E-state index in [9.17, 15) is 4.79 Å². The van der Waals surface area contributed by atoms with Crippen molar-refractivity contribution in [2.75, 3.05) is 13.7 Å².